The van der Waals surface area contributed by atoms with Crippen LogP contribution in [0.3, 0.4) is 0 Å². The molecule has 1 fully saturated rings. The van der Waals surface area contributed by atoms with Crippen LogP contribution in [0.5, 0.6) is 0 Å². The fourth-order valence-corrected chi connectivity index (χ4v) is 2.20. The number of halogens is 2. The minimum atomic E-state index is -3.30. The van der Waals surface area contributed by atoms with Crippen LogP contribution < -0.4 is 0 Å². The number of esters is 1. The molecule has 0 spiro atoms. The van der Waals surface area contributed by atoms with Gasteiger partial charge in [0.1, 0.15) is 18.3 Å². The molecule has 1 aliphatic rings. The van der Waals surface area contributed by atoms with Crippen LogP contribution in [0.15, 0.2) is 30.3 Å². The molecule has 1 aliphatic heterocycles. The van der Waals surface area contributed by atoms with Crippen LogP contribution >= 0.6 is 0 Å². The van der Waals surface area contributed by atoms with Gasteiger partial charge in [0.15, 0.2) is 11.9 Å². The van der Waals surface area contributed by atoms with Gasteiger partial charge >= 0.3 is 5.97 Å². The minimum absolute atomic E-state index is 0.131. The molecule has 0 bridgehead atoms. The van der Waals surface area contributed by atoms with E-state index < -0.39 is 42.6 Å². The van der Waals surface area contributed by atoms with Crippen molar-refractivity contribution in [3.63, 3.8) is 0 Å². The third kappa shape index (κ3) is 2.70. The van der Waals surface area contributed by atoms with Gasteiger partial charge in [-0.05, 0) is 19.1 Å². The van der Waals surface area contributed by atoms with Crippen molar-refractivity contribution in [2.24, 2.45) is 0 Å². The number of rotatable bonds is 4. The second-order valence-corrected chi connectivity index (χ2v) is 5.30. The standard InChI is InChI=1S/C14H16F2O6/c1-13(20)10(18)14(11(15)16,22-12(13)19)7-21-9(17)8-5-3-2-4-6-8/h2-6,10-12,18-20H,7H2,1H3/t10-,12?,13+,14+/m0/s1. The number of aliphatic hydroxyl groups excluding tert-OH is 2. The Hall–Kier alpha value is -1.61. The first-order valence-corrected chi connectivity index (χ1v) is 6.48. The highest BCUT2D eigenvalue weighted by atomic mass is 19.3. The van der Waals surface area contributed by atoms with Gasteiger partial charge in [-0.1, -0.05) is 18.2 Å². The molecule has 22 heavy (non-hydrogen) atoms. The average Bonchev–Trinajstić information content (AvgIpc) is 2.67. The van der Waals surface area contributed by atoms with E-state index in [4.69, 9.17) is 4.74 Å². The number of carbonyl (C=O) groups is 1. The molecule has 3 N–H and O–H groups in total. The van der Waals surface area contributed by atoms with Crippen LogP contribution in [0.4, 0.5) is 8.78 Å². The van der Waals surface area contributed by atoms with Crippen molar-refractivity contribution < 1.29 is 38.4 Å². The number of carbonyl (C=O) groups excluding carboxylic acids is 1. The molecule has 1 unspecified atom stereocenters. The highest BCUT2D eigenvalue weighted by Gasteiger charge is 2.65. The molecule has 6 nitrogen and oxygen atoms in total. The normalized spacial score (nSPS) is 34.9. The SMILES string of the molecule is C[C@]1(O)C(O)O[C@@](COC(=O)c2ccccc2)(C(F)F)[C@H]1O. The predicted octanol–water partition coefficient (Wildman–Crippen LogP) is 0.308. The summed E-state index contributed by atoms with van der Waals surface area (Å²) in [6.07, 6.45) is -7.47. The second kappa shape index (κ2) is 5.88. The molecule has 0 aromatic heterocycles. The lowest BCUT2D eigenvalue weighted by Crippen LogP contribution is -2.56. The number of alkyl halides is 2. The van der Waals surface area contributed by atoms with Crippen LogP contribution in [-0.4, -0.2) is 57.9 Å². The zero-order chi connectivity index (χ0) is 16.5. The quantitative estimate of drug-likeness (QED) is 0.692. The van der Waals surface area contributed by atoms with Crippen LogP contribution in [0.25, 0.3) is 0 Å². The molecule has 1 aromatic rings. The van der Waals surface area contributed by atoms with Crippen molar-refractivity contribution in [2.45, 2.75) is 36.9 Å². The van der Waals surface area contributed by atoms with Crippen molar-refractivity contribution >= 4 is 5.97 Å². The van der Waals surface area contributed by atoms with E-state index in [-0.39, 0.29) is 5.56 Å². The molecule has 8 heteroatoms. The smallest absolute Gasteiger partial charge is 0.338 e. The molecule has 0 saturated carbocycles. The number of hydrogen-bond acceptors (Lipinski definition) is 6. The van der Waals surface area contributed by atoms with E-state index in [1.807, 2.05) is 0 Å². The number of ether oxygens (including phenoxy) is 2. The molecule has 1 saturated heterocycles. The summed E-state index contributed by atoms with van der Waals surface area (Å²) in [5, 5.41) is 29.2. The van der Waals surface area contributed by atoms with E-state index >= 15 is 0 Å². The number of aliphatic hydroxyl groups is 3. The summed E-state index contributed by atoms with van der Waals surface area (Å²) in [5.41, 5.74) is -4.88. The zero-order valence-corrected chi connectivity index (χ0v) is 11.6. The monoisotopic (exact) mass is 318 g/mol. The van der Waals surface area contributed by atoms with E-state index in [1.54, 1.807) is 18.2 Å². The van der Waals surface area contributed by atoms with E-state index in [9.17, 15) is 28.9 Å². The summed E-state index contributed by atoms with van der Waals surface area (Å²) in [6.45, 7) is -0.0712. The van der Waals surface area contributed by atoms with Gasteiger partial charge < -0.3 is 24.8 Å². The van der Waals surface area contributed by atoms with Crippen molar-refractivity contribution in [3.05, 3.63) is 35.9 Å². The lowest BCUT2D eigenvalue weighted by atomic mass is 9.88. The van der Waals surface area contributed by atoms with Gasteiger partial charge in [0, 0.05) is 0 Å². The predicted molar refractivity (Wildman–Crippen MR) is 69.2 cm³/mol. The third-order valence-electron chi connectivity index (χ3n) is 3.66. The highest BCUT2D eigenvalue weighted by Crippen LogP contribution is 2.41. The molecule has 0 aliphatic carbocycles. The first kappa shape index (κ1) is 16.8. The van der Waals surface area contributed by atoms with E-state index in [1.165, 1.54) is 12.1 Å². The fourth-order valence-electron chi connectivity index (χ4n) is 2.20. The molecular formula is C14H16F2O6. The topological polar surface area (TPSA) is 96.2 Å². The summed E-state index contributed by atoms with van der Waals surface area (Å²) < 4.78 is 36.0. The third-order valence-corrected chi connectivity index (χ3v) is 3.66. The molecular weight excluding hydrogens is 302 g/mol. The van der Waals surface area contributed by atoms with Crippen molar-refractivity contribution in [1.29, 1.82) is 0 Å². The summed E-state index contributed by atoms with van der Waals surface area (Å²) in [6, 6.07) is 7.64. The number of benzene rings is 1. The first-order chi connectivity index (χ1) is 10.2. The lowest BCUT2D eigenvalue weighted by molar-refractivity contribution is -0.224. The Kier molecular flexibility index (Phi) is 4.48. The van der Waals surface area contributed by atoms with Gasteiger partial charge in [0.05, 0.1) is 5.56 Å². The molecule has 1 heterocycles. The molecule has 0 radical (unpaired) electrons. The maximum absolute atomic E-state index is 13.3. The Morgan fingerprint density at radius 3 is 2.41 bits per heavy atom. The Balaban J connectivity index is 2.16. The summed E-state index contributed by atoms with van der Waals surface area (Å²) >= 11 is 0. The van der Waals surface area contributed by atoms with Gasteiger partial charge in [-0.2, -0.15) is 0 Å². The molecule has 1 aromatic carbocycles. The van der Waals surface area contributed by atoms with E-state index in [2.05, 4.69) is 4.74 Å². The van der Waals surface area contributed by atoms with Crippen LogP contribution in [0.1, 0.15) is 17.3 Å². The van der Waals surface area contributed by atoms with Gasteiger partial charge in [0.2, 0.25) is 0 Å². The van der Waals surface area contributed by atoms with E-state index in [0.29, 0.717) is 0 Å². The van der Waals surface area contributed by atoms with Gasteiger partial charge in [-0.15, -0.1) is 0 Å². The Morgan fingerprint density at radius 2 is 1.95 bits per heavy atom. The Morgan fingerprint density at radius 1 is 1.36 bits per heavy atom. The summed E-state index contributed by atoms with van der Waals surface area (Å²) in [7, 11) is 0. The maximum atomic E-state index is 13.3. The lowest BCUT2D eigenvalue weighted by Gasteiger charge is -2.31. The van der Waals surface area contributed by atoms with Gasteiger partial charge in [0.25, 0.3) is 6.43 Å². The molecule has 4 atom stereocenters. The second-order valence-electron chi connectivity index (χ2n) is 5.30. The average molecular weight is 318 g/mol. The van der Waals surface area contributed by atoms with Crippen molar-refractivity contribution in [3.8, 4) is 0 Å². The Labute approximate surface area is 124 Å². The minimum Gasteiger partial charge on any atom is -0.459 e. The largest absolute Gasteiger partial charge is 0.459 e. The fraction of sp³-hybridized carbons (Fsp3) is 0.500. The Bertz CT molecular complexity index is 535. The first-order valence-electron chi connectivity index (χ1n) is 6.48. The number of hydrogen-bond donors (Lipinski definition) is 3. The highest BCUT2D eigenvalue weighted by molar-refractivity contribution is 5.89. The van der Waals surface area contributed by atoms with Crippen LogP contribution in [-0.2, 0) is 9.47 Å². The zero-order valence-electron chi connectivity index (χ0n) is 11.6. The maximum Gasteiger partial charge on any atom is 0.338 e. The van der Waals surface area contributed by atoms with Crippen LogP contribution in [0, 0.1) is 0 Å². The summed E-state index contributed by atoms with van der Waals surface area (Å²) in [4.78, 5) is 11.8. The summed E-state index contributed by atoms with van der Waals surface area (Å²) in [5.74, 6) is -0.891. The van der Waals surface area contributed by atoms with Crippen molar-refractivity contribution in [1.82, 2.24) is 0 Å². The molecule has 2 rings (SSSR count). The van der Waals surface area contributed by atoms with Gasteiger partial charge in [-0.3, -0.25) is 0 Å². The van der Waals surface area contributed by atoms with E-state index in [0.717, 1.165) is 6.92 Å². The van der Waals surface area contributed by atoms with Gasteiger partial charge in [-0.25, -0.2) is 13.6 Å². The van der Waals surface area contributed by atoms with Crippen LogP contribution in [0.2, 0.25) is 0 Å². The molecule has 122 valence electrons. The molecule has 0 amide bonds. The van der Waals surface area contributed by atoms with Crippen molar-refractivity contribution in [2.75, 3.05) is 6.61 Å².